The summed E-state index contributed by atoms with van der Waals surface area (Å²) in [5.41, 5.74) is 3.93. The van der Waals surface area contributed by atoms with Gasteiger partial charge in [0.2, 0.25) is 5.91 Å². The number of hydrogen-bond donors (Lipinski definition) is 2. The van der Waals surface area contributed by atoms with Crippen LogP contribution in [0.1, 0.15) is 30.8 Å². The minimum atomic E-state index is -0.0189. The number of amides is 1. The molecule has 0 unspecified atom stereocenters. The number of aromatic amines is 1. The second kappa shape index (κ2) is 6.48. The van der Waals surface area contributed by atoms with Crippen LogP contribution in [0.2, 0.25) is 0 Å². The summed E-state index contributed by atoms with van der Waals surface area (Å²) in [5.74, 6) is 0.787. The van der Waals surface area contributed by atoms with Crippen molar-refractivity contribution in [3.63, 3.8) is 0 Å². The van der Waals surface area contributed by atoms with Crippen molar-refractivity contribution in [3.05, 3.63) is 47.3 Å². The van der Waals surface area contributed by atoms with E-state index < -0.39 is 0 Å². The molecule has 0 fully saturated rings. The fourth-order valence-electron chi connectivity index (χ4n) is 2.23. The van der Waals surface area contributed by atoms with Gasteiger partial charge in [0.05, 0.1) is 12.5 Å². The highest BCUT2D eigenvalue weighted by atomic mass is 16.5. The number of anilines is 1. The summed E-state index contributed by atoms with van der Waals surface area (Å²) in [7, 11) is 0. The van der Waals surface area contributed by atoms with Crippen LogP contribution in [0.4, 0.5) is 5.69 Å². The van der Waals surface area contributed by atoms with Crippen molar-refractivity contribution in [1.82, 2.24) is 4.98 Å². The van der Waals surface area contributed by atoms with E-state index in [4.69, 9.17) is 4.74 Å². The van der Waals surface area contributed by atoms with Crippen LogP contribution in [0.25, 0.3) is 0 Å². The fraction of sp³-hybridized carbons (Fsp3) is 0.353. The molecule has 21 heavy (non-hydrogen) atoms. The maximum absolute atomic E-state index is 12.0. The molecule has 0 atom stereocenters. The number of hydrogen-bond acceptors (Lipinski definition) is 2. The van der Waals surface area contributed by atoms with E-state index in [9.17, 15) is 4.79 Å². The zero-order valence-corrected chi connectivity index (χ0v) is 13.0. The van der Waals surface area contributed by atoms with Crippen LogP contribution in [-0.2, 0) is 11.2 Å². The Bertz CT molecular complexity index is 612. The van der Waals surface area contributed by atoms with Crippen LogP contribution in [0.3, 0.4) is 0 Å². The first kappa shape index (κ1) is 15.2. The zero-order chi connectivity index (χ0) is 15.4. The number of H-pyrrole nitrogens is 1. The zero-order valence-electron chi connectivity index (χ0n) is 13.0. The summed E-state index contributed by atoms with van der Waals surface area (Å²) >= 11 is 0. The van der Waals surface area contributed by atoms with Gasteiger partial charge in [0, 0.05) is 17.1 Å². The van der Waals surface area contributed by atoms with E-state index >= 15 is 0 Å². The van der Waals surface area contributed by atoms with E-state index in [1.807, 2.05) is 58.0 Å². The van der Waals surface area contributed by atoms with E-state index in [1.165, 1.54) is 0 Å². The molecule has 2 aromatic rings. The lowest BCUT2D eigenvalue weighted by Crippen LogP contribution is -2.14. The van der Waals surface area contributed by atoms with Gasteiger partial charge in [-0.25, -0.2) is 0 Å². The number of aryl methyl sites for hydroxylation is 2. The standard InChI is InChI=1S/C17H22N2O2/c1-11(2)21-16-7-5-15(6-8-16)19-17(20)10-14-9-12(3)18-13(14)4/h5-9,11,18H,10H2,1-4H3,(H,19,20). The van der Waals surface area contributed by atoms with Crippen LogP contribution in [0, 0.1) is 13.8 Å². The van der Waals surface area contributed by atoms with E-state index in [2.05, 4.69) is 10.3 Å². The summed E-state index contributed by atoms with van der Waals surface area (Å²) in [6, 6.07) is 9.44. The topological polar surface area (TPSA) is 54.1 Å². The second-order valence-corrected chi connectivity index (χ2v) is 5.52. The SMILES string of the molecule is Cc1cc(CC(=O)Nc2ccc(OC(C)C)cc2)c(C)[nH]1. The van der Waals surface area contributed by atoms with Gasteiger partial charge in [-0.1, -0.05) is 0 Å². The van der Waals surface area contributed by atoms with Crippen molar-refractivity contribution in [2.24, 2.45) is 0 Å². The second-order valence-electron chi connectivity index (χ2n) is 5.52. The van der Waals surface area contributed by atoms with Crippen LogP contribution in [0.5, 0.6) is 5.75 Å². The molecule has 1 heterocycles. The third-order valence-corrected chi connectivity index (χ3v) is 3.12. The summed E-state index contributed by atoms with van der Waals surface area (Å²) in [4.78, 5) is 15.3. The highest BCUT2D eigenvalue weighted by Gasteiger charge is 2.08. The predicted molar refractivity (Wildman–Crippen MR) is 84.8 cm³/mol. The Morgan fingerprint density at radius 3 is 2.43 bits per heavy atom. The molecule has 0 saturated carbocycles. The average Bonchev–Trinajstić information content (AvgIpc) is 2.69. The Kier molecular flexibility index (Phi) is 4.68. The monoisotopic (exact) mass is 286 g/mol. The molecular weight excluding hydrogens is 264 g/mol. The molecule has 4 heteroatoms. The first-order valence-corrected chi connectivity index (χ1v) is 7.15. The fourth-order valence-corrected chi connectivity index (χ4v) is 2.23. The lowest BCUT2D eigenvalue weighted by atomic mass is 10.1. The molecule has 4 nitrogen and oxygen atoms in total. The van der Waals surface area contributed by atoms with Gasteiger partial charge in [-0.15, -0.1) is 0 Å². The molecule has 0 aliphatic rings. The van der Waals surface area contributed by atoms with Crippen molar-refractivity contribution in [2.75, 3.05) is 5.32 Å². The highest BCUT2D eigenvalue weighted by Crippen LogP contribution is 2.17. The van der Waals surface area contributed by atoms with E-state index in [-0.39, 0.29) is 12.0 Å². The molecule has 0 spiro atoms. The molecule has 0 aliphatic carbocycles. The Balaban J connectivity index is 1.95. The van der Waals surface area contributed by atoms with Gasteiger partial charge in [0.25, 0.3) is 0 Å². The number of benzene rings is 1. The Hall–Kier alpha value is -2.23. The minimum Gasteiger partial charge on any atom is -0.491 e. The van der Waals surface area contributed by atoms with Crippen LogP contribution < -0.4 is 10.1 Å². The third kappa shape index (κ3) is 4.38. The van der Waals surface area contributed by atoms with E-state index in [0.717, 1.165) is 28.4 Å². The number of aromatic nitrogens is 1. The number of rotatable bonds is 5. The van der Waals surface area contributed by atoms with Crippen molar-refractivity contribution in [1.29, 1.82) is 0 Å². The molecule has 0 radical (unpaired) electrons. The number of carbonyl (C=O) groups is 1. The summed E-state index contributed by atoms with van der Waals surface area (Å²) in [6.45, 7) is 7.93. The highest BCUT2D eigenvalue weighted by molar-refractivity contribution is 5.92. The first-order chi connectivity index (χ1) is 9.94. The molecule has 0 bridgehead atoms. The number of ether oxygens (including phenoxy) is 1. The first-order valence-electron chi connectivity index (χ1n) is 7.15. The predicted octanol–water partition coefficient (Wildman–Crippen LogP) is 3.60. The summed E-state index contributed by atoms with van der Waals surface area (Å²) in [6.07, 6.45) is 0.519. The van der Waals surface area contributed by atoms with Crippen molar-refractivity contribution >= 4 is 11.6 Å². The molecule has 1 aromatic heterocycles. The molecule has 2 rings (SSSR count). The smallest absolute Gasteiger partial charge is 0.228 e. The Morgan fingerprint density at radius 1 is 1.24 bits per heavy atom. The van der Waals surface area contributed by atoms with Gasteiger partial charge in [-0.05, 0) is 63.6 Å². The van der Waals surface area contributed by atoms with Gasteiger partial charge in [-0.3, -0.25) is 4.79 Å². The lowest BCUT2D eigenvalue weighted by Gasteiger charge is -2.10. The molecule has 1 amide bonds. The maximum Gasteiger partial charge on any atom is 0.228 e. The van der Waals surface area contributed by atoms with Gasteiger partial charge >= 0.3 is 0 Å². The van der Waals surface area contributed by atoms with E-state index in [0.29, 0.717) is 6.42 Å². The third-order valence-electron chi connectivity index (χ3n) is 3.12. The molecule has 1 aromatic carbocycles. The molecule has 0 saturated heterocycles. The van der Waals surface area contributed by atoms with Gasteiger partial charge in [0.1, 0.15) is 5.75 Å². The van der Waals surface area contributed by atoms with Gasteiger partial charge < -0.3 is 15.0 Å². The molecule has 0 aliphatic heterocycles. The molecule has 2 N–H and O–H groups in total. The van der Waals surface area contributed by atoms with Crippen LogP contribution in [0.15, 0.2) is 30.3 Å². The Labute approximate surface area is 125 Å². The maximum atomic E-state index is 12.0. The van der Waals surface area contributed by atoms with Gasteiger partial charge in [0.15, 0.2) is 0 Å². The Morgan fingerprint density at radius 2 is 1.90 bits per heavy atom. The van der Waals surface area contributed by atoms with Crippen molar-refractivity contribution < 1.29 is 9.53 Å². The quantitative estimate of drug-likeness (QED) is 0.882. The molecular formula is C17H22N2O2. The van der Waals surface area contributed by atoms with Crippen LogP contribution >= 0.6 is 0 Å². The van der Waals surface area contributed by atoms with E-state index in [1.54, 1.807) is 0 Å². The number of carbonyl (C=O) groups excluding carboxylic acids is 1. The van der Waals surface area contributed by atoms with Gasteiger partial charge in [-0.2, -0.15) is 0 Å². The van der Waals surface area contributed by atoms with Crippen molar-refractivity contribution in [3.8, 4) is 5.75 Å². The largest absolute Gasteiger partial charge is 0.491 e. The summed E-state index contributed by atoms with van der Waals surface area (Å²) < 4.78 is 5.57. The normalized spacial score (nSPS) is 10.7. The lowest BCUT2D eigenvalue weighted by molar-refractivity contribution is -0.115. The number of nitrogens with one attached hydrogen (secondary N) is 2. The summed E-state index contributed by atoms with van der Waals surface area (Å²) in [5, 5.41) is 2.90. The van der Waals surface area contributed by atoms with Crippen molar-refractivity contribution in [2.45, 2.75) is 40.2 Å². The average molecular weight is 286 g/mol. The van der Waals surface area contributed by atoms with Crippen LogP contribution in [-0.4, -0.2) is 17.0 Å². The minimum absolute atomic E-state index is 0.0189. The molecule has 112 valence electrons.